The summed E-state index contributed by atoms with van der Waals surface area (Å²) < 4.78 is 30.6. The lowest BCUT2D eigenvalue weighted by molar-refractivity contribution is 0.381. The zero-order chi connectivity index (χ0) is 10.1. The summed E-state index contributed by atoms with van der Waals surface area (Å²) in [6.45, 7) is 0.700. The van der Waals surface area contributed by atoms with Gasteiger partial charge in [0.05, 0.1) is 12.7 Å². The van der Waals surface area contributed by atoms with Crippen molar-refractivity contribution < 1.29 is 13.5 Å². The van der Waals surface area contributed by atoms with Crippen LogP contribution in [-0.2, 0) is 4.74 Å². The summed E-state index contributed by atoms with van der Waals surface area (Å²) in [5, 5.41) is 0. The summed E-state index contributed by atoms with van der Waals surface area (Å²) in [7, 11) is 0. The van der Waals surface area contributed by atoms with E-state index in [9.17, 15) is 8.78 Å². The predicted octanol–water partition coefficient (Wildman–Crippen LogP) is 1.75. The molecule has 2 unspecified atom stereocenters. The van der Waals surface area contributed by atoms with Crippen LogP contribution in [0.3, 0.4) is 0 Å². The molecule has 2 N–H and O–H groups in total. The van der Waals surface area contributed by atoms with Gasteiger partial charge in [-0.3, -0.25) is 0 Å². The summed E-state index contributed by atoms with van der Waals surface area (Å²) >= 11 is 0. The Morgan fingerprint density at radius 2 is 1.93 bits per heavy atom. The van der Waals surface area contributed by atoms with E-state index < -0.39 is 11.6 Å². The first-order valence-corrected chi connectivity index (χ1v) is 4.48. The molecule has 0 amide bonds. The Bertz CT molecular complexity index is 319. The van der Waals surface area contributed by atoms with E-state index in [1.54, 1.807) is 0 Å². The zero-order valence-electron chi connectivity index (χ0n) is 7.54. The minimum Gasteiger partial charge on any atom is -0.373 e. The number of halogens is 2. The number of benzene rings is 1. The molecular formula is C10H11F2NO. The third-order valence-electron chi connectivity index (χ3n) is 2.23. The fourth-order valence-corrected chi connectivity index (χ4v) is 1.41. The number of epoxide rings is 1. The van der Waals surface area contributed by atoms with E-state index in [0.29, 0.717) is 18.6 Å². The highest BCUT2D eigenvalue weighted by Crippen LogP contribution is 2.24. The molecule has 0 radical (unpaired) electrons. The molecule has 1 aliphatic rings. The summed E-state index contributed by atoms with van der Waals surface area (Å²) in [6, 6.07) is 3.00. The van der Waals surface area contributed by atoms with E-state index in [2.05, 4.69) is 0 Å². The van der Waals surface area contributed by atoms with Gasteiger partial charge in [0, 0.05) is 12.1 Å². The van der Waals surface area contributed by atoms with Crippen molar-refractivity contribution in [3.05, 3.63) is 35.4 Å². The van der Waals surface area contributed by atoms with Crippen LogP contribution in [-0.4, -0.2) is 12.7 Å². The maximum absolute atomic E-state index is 12.8. The molecule has 0 aliphatic carbocycles. The lowest BCUT2D eigenvalue weighted by Crippen LogP contribution is -2.13. The van der Waals surface area contributed by atoms with Gasteiger partial charge in [-0.05, 0) is 24.1 Å². The fourth-order valence-electron chi connectivity index (χ4n) is 1.41. The summed E-state index contributed by atoms with van der Waals surface area (Å²) in [5.74, 6) is -1.18. The molecule has 0 bridgehead atoms. The third kappa shape index (κ3) is 2.27. The van der Waals surface area contributed by atoms with Crippen LogP contribution in [0.15, 0.2) is 18.2 Å². The molecule has 1 aromatic rings. The van der Waals surface area contributed by atoms with Gasteiger partial charge in [-0.2, -0.15) is 0 Å². The fraction of sp³-hybridized carbons (Fsp3) is 0.400. The second-order valence-electron chi connectivity index (χ2n) is 3.50. The molecule has 4 heteroatoms. The second kappa shape index (κ2) is 3.63. The molecular weight excluding hydrogens is 188 g/mol. The van der Waals surface area contributed by atoms with Gasteiger partial charge in [-0.25, -0.2) is 8.78 Å². The van der Waals surface area contributed by atoms with Crippen molar-refractivity contribution in [3.63, 3.8) is 0 Å². The molecule has 0 spiro atoms. The summed E-state index contributed by atoms with van der Waals surface area (Å²) in [6.07, 6.45) is 0.777. The second-order valence-corrected chi connectivity index (χ2v) is 3.50. The number of ether oxygens (including phenoxy) is 1. The van der Waals surface area contributed by atoms with Crippen molar-refractivity contribution in [1.29, 1.82) is 0 Å². The summed E-state index contributed by atoms with van der Waals surface area (Å²) in [5.41, 5.74) is 6.24. The highest BCUT2D eigenvalue weighted by atomic mass is 19.1. The first kappa shape index (κ1) is 9.55. The van der Waals surface area contributed by atoms with E-state index in [-0.39, 0.29) is 12.1 Å². The Morgan fingerprint density at radius 1 is 1.36 bits per heavy atom. The van der Waals surface area contributed by atoms with Crippen molar-refractivity contribution in [2.75, 3.05) is 6.61 Å². The predicted molar refractivity (Wildman–Crippen MR) is 47.6 cm³/mol. The number of rotatable bonds is 3. The van der Waals surface area contributed by atoms with Crippen molar-refractivity contribution >= 4 is 0 Å². The Balaban J connectivity index is 2.12. The van der Waals surface area contributed by atoms with E-state index in [1.807, 2.05) is 0 Å². The molecule has 0 saturated carbocycles. The number of hydrogen-bond donors (Lipinski definition) is 1. The number of nitrogens with two attached hydrogens (primary N) is 1. The van der Waals surface area contributed by atoms with Crippen molar-refractivity contribution in [2.45, 2.75) is 18.6 Å². The van der Waals surface area contributed by atoms with E-state index in [4.69, 9.17) is 10.5 Å². The van der Waals surface area contributed by atoms with Gasteiger partial charge in [0.15, 0.2) is 0 Å². The molecule has 2 atom stereocenters. The lowest BCUT2D eigenvalue weighted by Gasteiger charge is -2.10. The molecule has 2 nitrogen and oxygen atoms in total. The van der Waals surface area contributed by atoms with Gasteiger partial charge in [0.25, 0.3) is 0 Å². The highest BCUT2D eigenvalue weighted by molar-refractivity contribution is 5.21. The van der Waals surface area contributed by atoms with Crippen LogP contribution in [0.1, 0.15) is 18.0 Å². The van der Waals surface area contributed by atoms with Crippen LogP contribution >= 0.6 is 0 Å². The standard InChI is InChI=1S/C10H11F2NO/c11-7-1-6(2-8(12)3-7)10(13)4-9-5-14-9/h1-3,9-10H,4-5,13H2. The van der Waals surface area contributed by atoms with Crippen molar-refractivity contribution in [3.8, 4) is 0 Å². The molecule has 1 saturated heterocycles. The Morgan fingerprint density at radius 3 is 2.43 bits per heavy atom. The van der Waals surface area contributed by atoms with Gasteiger partial charge >= 0.3 is 0 Å². The van der Waals surface area contributed by atoms with Crippen molar-refractivity contribution in [2.24, 2.45) is 5.73 Å². The molecule has 1 aromatic carbocycles. The average Bonchev–Trinajstić information content (AvgIpc) is 2.86. The minimum atomic E-state index is -0.591. The third-order valence-corrected chi connectivity index (χ3v) is 2.23. The largest absolute Gasteiger partial charge is 0.373 e. The summed E-state index contributed by atoms with van der Waals surface area (Å²) in [4.78, 5) is 0. The lowest BCUT2D eigenvalue weighted by atomic mass is 10.0. The SMILES string of the molecule is NC(CC1CO1)c1cc(F)cc(F)c1. The van der Waals surface area contributed by atoms with E-state index in [0.717, 1.165) is 6.07 Å². The molecule has 1 aliphatic heterocycles. The van der Waals surface area contributed by atoms with Gasteiger partial charge in [-0.1, -0.05) is 0 Å². The molecule has 2 rings (SSSR count). The Labute approximate surface area is 80.7 Å². The van der Waals surface area contributed by atoms with Crippen LogP contribution < -0.4 is 5.73 Å². The molecule has 1 heterocycles. The van der Waals surface area contributed by atoms with Crippen LogP contribution in [0.2, 0.25) is 0 Å². The Hall–Kier alpha value is -1.00. The minimum absolute atomic E-state index is 0.163. The molecule has 0 aromatic heterocycles. The maximum atomic E-state index is 12.8. The normalized spacial score (nSPS) is 22.1. The molecule has 14 heavy (non-hydrogen) atoms. The van der Waals surface area contributed by atoms with E-state index in [1.165, 1.54) is 12.1 Å². The highest BCUT2D eigenvalue weighted by Gasteiger charge is 2.25. The van der Waals surface area contributed by atoms with Gasteiger partial charge < -0.3 is 10.5 Å². The molecule has 76 valence electrons. The van der Waals surface area contributed by atoms with Gasteiger partial charge in [-0.15, -0.1) is 0 Å². The monoisotopic (exact) mass is 199 g/mol. The smallest absolute Gasteiger partial charge is 0.126 e. The topological polar surface area (TPSA) is 38.5 Å². The van der Waals surface area contributed by atoms with Crippen LogP contribution in [0.4, 0.5) is 8.78 Å². The first-order chi connectivity index (χ1) is 6.65. The first-order valence-electron chi connectivity index (χ1n) is 4.48. The zero-order valence-corrected chi connectivity index (χ0v) is 7.54. The van der Waals surface area contributed by atoms with Crippen LogP contribution in [0, 0.1) is 11.6 Å². The van der Waals surface area contributed by atoms with E-state index >= 15 is 0 Å². The van der Waals surface area contributed by atoms with Crippen molar-refractivity contribution in [1.82, 2.24) is 0 Å². The maximum Gasteiger partial charge on any atom is 0.126 e. The Kier molecular flexibility index (Phi) is 2.48. The van der Waals surface area contributed by atoms with Crippen LogP contribution in [0.25, 0.3) is 0 Å². The quantitative estimate of drug-likeness (QED) is 0.753. The average molecular weight is 199 g/mol. The number of hydrogen-bond acceptors (Lipinski definition) is 2. The van der Waals surface area contributed by atoms with Gasteiger partial charge in [0.2, 0.25) is 0 Å². The molecule has 1 fully saturated rings. The van der Waals surface area contributed by atoms with Gasteiger partial charge in [0.1, 0.15) is 11.6 Å². The van der Waals surface area contributed by atoms with Crippen LogP contribution in [0.5, 0.6) is 0 Å².